The summed E-state index contributed by atoms with van der Waals surface area (Å²) in [4.78, 5) is 26.1. The van der Waals surface area contributed by atoms with Gasteiger partial charge in [0.2, 0.25) is 0 Å². The van der Waals surface area contributed by atoms with Gasteiger partial charge in [0.05, 0.1) is 29.3 Å². The van der Waals surface area contributed by atoms with Gasteiger partial charge in [-0.3, -0.25) is 9.59 Å². The summed E-state index contributed by atoms with van der Waals surface area (Å²) in [6.07, 6.45) is 17.0. The van der Waals surface area contributed by atoms with Crippen LogP contribution in [0.2, 0.25) is 5.15 Å². The summed E-state index contributed by atoms with van der Waals surface area (Å²) >= 11 is 6.46. The fourth-order valence-electron chi connectivity index (χ4n) is 11.8. The zero-order valence-corrected chi connectivity index (χ0v) is 31.6. The molecule has 11 heteroatoms. The van der Waals surface area contributed by atoms with Crippen molar-refractivity contribution in [3.63, 3.8) is 0 Å². The van der Waals surface area contributed by atoms with Gasteiger partial charge in [-0.05, 0) is 142 Å². The van der Waals surface area contributed by atoms with Crippen LogP contribution in [0.3, 0.4) is 0 Å². The molecule has 4 N–H and O–H groups in total. The van der Waals surface area contributed by atoms with E-state index in [1.165, 1.54) is 64.2 Å². The molecule has 0 aliphatic heterocycles. The van der Waals surface area contributed by atoms with Crippen molar-refractivity contribution in [2.24, 2.45) is 47.3 Å². The van der Waals surface area contributed by atoms with Crippen LogP contribution in [0, 0.1) is 47.3 Å². The van der Waals surface area contributed by atoms with Crippen LogP contribution >= 0.6 is 11.6 Å². The van der Waals surface area contributed by atoms with E-state index in [0.29, 0.717) is 70.8 Å². The second-order valence-electron chi connectivity index (χ2n) is 17.1. The zero-order valence-electron chi connectivity index (χ0n) is 30.8. The van der Waals surface area contributed by atoms with E-state index in [9.17, 15) is 9.59 Å². The predicted octanol–water partition coefficient (Wildman–Crippen LogP) is 7.30. The minimum Gasteiger partial charge on any atom is -0.396 e. The summed E-state index contributed by atoms with van der Waals surface area (Å²) in [6, 6.07) is 20.1. The van der Waals surface area contributed by atoms with Crippen LogP contribution in [-0.2, 0) is 0 Å². The number of hydrogen-bond donors (Lipinski definition) is 4. The van der Waals surface area contributed by atoms with Gasteiger partial charge in [0.1, 0.15) is 16.5 Å². The first-order chi connectivity index (χ1) is 26.4. The number of para-hydroxylation sites is 2. The number of aromatic nitrogens is 4. The molecule has 0 unspecified atom stereocenters. The van der Waals surface area contributed by atoms with E-state index in [-0.39, 0.29) is 18.4 Å². The topological polar surface area (TPSA) is 126 Å². The van der Waals surface area contributed by atoms with Crippen molar-refractivity contribution in [1.82, 2.24) is 30.2 Å². The van der Waals surface area contributed by atoms with Crippen molar-refractivity contribution in [3.05, 3.63) is 89.3 Å². The van der Waals surface area contributed by atoms with Crippen molar-refractivity contribution < 1.29 is 14.7 Å². The number of aliphatic hydroxyl groups excluding tert-OH is 1. The quantitative estimate of drug-likeness (QED) is 0.126. The molecule has 54 heavy (non-hydrogen) atoms. The van der Waals surface area contributed by atoms with Crippen molar-refractivity contribution in [2.45, 2.75) is 82.7 Å². The summed E-state index contributed by atoms with van der Waals surface area (Å²) in [7, 11) is 0. The normalized spacial score (nSPS) is 31.1. The molecule has 0 radical (unpaired) electrons. The molecule has 2 aromatic carbocycles. The first-order valence-corrected chi connectivity index (χ1v) is 20.7. The number of aliphatic hydroxyl groups is 1. The van der Waals surface area contributed by atoms with Crippen molar-refractivity contribution >= 4 is 29.2 Å². The largest absolute Gasteiger partial charge is 0.396 e. The number of carbonyl (C=O) groups is 2. The van der Waals surface area contributed by atoms with Crippen molar-refractivity contribution in [1.29, 1.82) is 0 Å². The zero-order chi connectivity index (χ0) is 36.8. The van der Waals surface area contributed by atoms with Gasteiger partial charge in [0.25, 0.3) is 11.8 Å². The molecular weight excluding hydrogens is 698 g/mol. The fourth-order valence-corrected chi connectivity index (χ4v) is 12.0. The van der Waals surface area contributed by atoms with E-state index in [1.54, 1.807) is 21.8 Å². The Balaban J connectivity index is 0.000000144. The highest BCUT2D eigenvalue weighted by atomic mass is 35.5. The van der Waals surface area contributed by atoms with Gasteiger partial charge < -0.3 is 21.1 Å². The number of anilines is 1. The van der Waals surface area contributed by atoms with Crippen LogP contribution in [0.15, 0.2) is 73.1 Å². The van der Waals surface area contributed by atoms with Crippen LogP contribution in [0.25, 0.3) is 11.4 Å². The third-order valence-corrected chi connectivity index (χ3v) is 14.0. The first kappa shape index (κ1) is 35.5. The molecule has 10 nitrogen and oxygen atoms in total. The number of halogens is 1. The Morgan fingerprint density at radius 3 is 1.54 bits per heavy atom. The number of benzene rings is 2. The molecule has 0 saturated heterocycles. The average Bonchev–Trinajstić information content (AvgIpc) is 3.78. The van der Waals surface area contributed by atoms with E-state index < -0.39 is 0 Å². The highest BCUT2D eigenvalue weighted by Gasteiger charge is 2.50. The lowest BCUT2D eigenvalue weighted by molar-refractivity contribution is -0.0119. The Bertz CT molecular complexity index is 1890. The second-order valence-corrected chi connectivity index (χ2v) is 17.5. The van der Waals surface area contributed by atoms with Crippen LogP contribution in [0.1, 0.15) is 91.3 Å². The van der Waals surface area contributed by atoms with Crippen LogP contribution in [0.4, 0.5) is 5.82 Å². The minimum atomic E-state index is -0.0790. The molecule has 2 amide bonds. The highest BCUT2D eigenvalue weighted by molar-refractivity contribution is 6.33. The van der Waals surface area contributed by atoms with Crippen molar-refractivity contribution in [3.8, 4) is 11.4 Å². The van der Waals surface area contributed by atoms with Gasteiger partial charge in [0.15, 0.2) is 0 Å². The summed E-state index contributed by atoms with van der Waals surface area (Å²) < 4.78 is 3.40. The first-order valence-electron chi connectivity index (χ1n) is 20.3. The van der Waals surface area contributed by atoms with Crippen molar-refractivity contribution in [2.75, 3.05) is 18.5 Å². The third kappa shape index (κ3) is 6.96. The standard InChI is InChI=1S/C23H30N4O2.C20H22ClN3O/c28-8-4-7-24-22-20(14-25-27(22)19-5-2-1-3-6-19)23(29)26-21-17-10-15-9-16(12-17)13-18(21)11-15;21-19-17(11-22-24(19)16-4-2-1-3-5-16)20(25)23-18-14-7-12-6-13(9-14)10-15(18)8-12/h1-3,5-6,14-18,21,24,28H,4,7-13H2,(H,26,29);1-5,11-15,18H,6-10H2,(H,23,25). The predicted molar refractivity (Wildman–Crippen MR) is 209 cm³/mol. The van der Waals surface area contributed by atoms with Gasteiger partial charge in [-0.2, -0.15) is 10.2 Å². The lowest BCUT2D eigenvalue weighted by Crippen LogP contribution is -2.55. The van der Waals surface area contributed by atoms with E-state index in [1.807, 2.05) is 60.7 Å². The van der Waals surface area contributed by atoms with Gasteiger partial charge in [-0.1, -0.05) is 48.0 Å². The Hall–Kier alpha value is -4.15. The van der Waals surface area contributed by atoms with Gasteiger partial charge in [-0.15, -0.1) is 0 Å². The molecular formula is C43H52ClN7O3. The monoisotopic (exact) mass is 749 g/mol. The van der Waals surface area contributed by atoms with Crippen LogP contribution in [-0.4, -0.2) is 61.7 Å². The maximum absolute atomic E-state index is 13.3. The molecule has 8 bridgehead atoms. The number of nitrogens with one attached hydrogen (secondary N) is 3. The second kappa shape index (κ2) is 15.2. The molecule has 284 valence electrons. The molecule has 2 heterocycles. The average molecular weight is 750 g/mol. The Kier molecular flexibility index (Phi) is 9.99. The van der Waals surface area contributed by atoms with Crippen LogP contribution < -0.4 is 16.0 Å². The molecule has 8 aliphatic rings. The molecule has 8 saturated carbocycles. The number of rotatable bonds is 10. The smallest absolute Gasteiger partial charge is 0.256 e. The Morgan fingerprint density at radius 2 is 1.06 bits per heavy atom. The summed E-state index contributed by atoms with van der Waals surface area (Å²) in [5, 5.41) is 28.4. The van der Waals surface area contributed by atoms with E-state index in [0.717, 1.165) is 35.0 Å². The molecule has 8 aliphatic carbocycles. The fraction of sp³-hybridized carbons (Fsp3) is 0.535. The lowest BCUT2D eigenvalue weighted by Gasteiger charge is -2.54. The summed E-state index contributed by atoms with van der Waals surface area (Å²) in [6.45, 7) is 0.703. The number of hydrogen-bond acceptors (Lipinski definition) is 6. The van der Waals surface area contributed by atoms with E-state index in [2.05, 4.69) is 26.1 Å². The molecule has 2 aromatic heterocycles. The van der Waals surface area contributed by atoms with Crippen LogP contribution in [0.5, 0.6) is 0 Å². The van der Waals surface area contributed by atoms with Gasteiger partial charge in [-0.25, -0.2) is 9.36 Å². The highest BCUT2D eigenvalue weighted by Crippen LogP contribution is 2.55. The molecule has 0 spiro atoms. The molecule has 4 aromatic rings. The summed E-state index contributed by atoms with van der Waals surface area (Å²) in [5.41, 5.74) is 2.83. The van der Waals surface area contributed by atoms with Gasteiger partial charge >= 0.3 is 0 Å². The van der Waals surface area contributed by atoms with Gasteiger partial charge in [0, 0.05) is 25.2 Å². The number of amides is 2. The number of nitrogens with zero attached hydrogens (tertiary/aromatic N) is 4. The summed E-state index contributed by atoms with van der Waals surface area (Å²) in [5.74, 6) is 6.78. The minimum absolute atomic E-state index is 0.0313. The Morgan fingerprint density at radius 1 is 0.630 bits per heavy atom. The maximum Gasteiger partial charge on any atom is 0.256 e. The maximum atomic E-state index is 13.3. The SMILES string of the molecule is O=C(NC1C2CC3CC(C2)CC1C3)c1cnn(-c2ccccc2)c1Cl.O=C(NC1C2CC3CC(C2)CC1C3)c1cnn(-c2ccccc2)c1NCCCO. The molecule has 0 atom stereocenters. The molecule has 12 rings (SSSR count). The molecule has 8 fully saturated rings. The third-order valence-electron chi connectivity index (χ3n) is 13.6. The van der Waals surface area contributed by atoms with E-state index >= 15 is 0 Å². The number of carbonyl (C=O) groups excluding carboxylic acids is 2. The Labute approximate surface area is 322 Å². The lowest BCUT2D eigenvalue weighted by atomic mass is 9.54. The van der Waals surface area contributed by atoms with E-state index in [4.69, 9.17) is 16.7 Å².